The average molecular weight is 335 g/mol. The smallest absolute Gasteiger partial charge is 0.139 e. The second-order valence-electron chi connectivity index (χ2n) is 6.29. The molecule has 2 aromatic rings. The molecule has 1 atom stereocenters. The highest BCUT2D eigenvalue weighted by atomic mass is 79.9. The summed E-state index contributed by atoms with van der Waals surface area (Å²) >= 11 is 3.70. The minimum Gasteiger partial charge on any atom is -0.369 e. The quantitative estimate of drug-likeness (QED) is 0.853. The van der Waals surface area contributed by atoms with E-state index in [0.717, 1.165) is 34.5 Å². The minimum absolute atomic E-state index is 0.192. The van der Waals surface area contributed by atoms with Gasteiger partial charge in [-0.05, 0) is 39.9 Å². The molecule has 0 fully saturated rings. The monoisotopic (exact) mass is 334 g/mol. The van der Waals surface area contributed by atoms with Gasteiger partial charge in [-0.25, -0.2) is 4.68 Å². The first-order valence-corrected chi connectivity index (χ1v) is 7.70. The zero-order valence-electron chi connectivity index (χ0n) is 12.0. The lowest BCUT2D eigenvalue weighted by molar-refractivity contribution is 0.210. The van der Waals surface area contributed by atoms with Crippen LogP contribution in [-0.4, -0.2) is 21.3 Å². The highest BCUT2D eigenvalue weighted by Crippen LogP contribution is 2.43. The molecule has 0 amide bonds. The minimum atomic E-state index is 0.192. The Labute approximate surface area is 127 Å². The fourth-order valence-corrected chi connectivity index (χ4v) is 3.37. The van der Waals surface area contributed by atoms with E-state index in [4.69, 9.17) is 5.10 Å². The Morgan fingerprint density at radius 1 is 1.30 bits per heavy atom. The lowest BCUT2D eigenvalue weighted by Crippen LogP contribution is -2.32. The largest absolute Gasteiger partial charge is 0.369 e. The Balaban J connectivity index is 2.12. The normalized spacial score (nSPS) is 18.5. The van der Waals surface area contributed by atoms with Gasteiger partial charge in [0.25, 0.3) is 0 Å². The maximum absolute atomic E-state index is 4.85. The average Bonchev–Trinajstić information content (AvgIpc) is 2.76. The van der Waals surface area contributed by atoms with Gasteiger partial charge in [0.15, 0.2) is 0 Å². The second-order valence-corrected chi connectivity index (χ2v) is 7.08. The number of halogens is 1. The Kier molecular flexibility index (Phi) is 3.32. The van der Waals surface area contributed by atoms with E-state index >= 15 is 0 Å². The van der Waals surface area contributed by atoms with E-state index in [1.807, 2.05) is 12.1 Å². The molecule has 0 aliphatic carbocycles. The van der Waals surface area contributed by atoms with Crippen LogP contribution in [0.25, 0.3) is 11.3 Å². The van der Waals surface area contributed by atoms with E-state index in [-0.39, 0.29) is 5.41 Å². The zero-order chi connectivity index (χ0) is 14.3. The van der Waals surface area contributed by atoms with Gasteiger partial charge in [-0.3, -0.25) is 4.98 Å². The molecule has 2 aromatic heterocycles. The van der Waals surface area contributed by atoms with Crippen molar-refractivity contribution in [1.82, 2.24) is 14.8 Å². The van der Waals surface area contributed by atoms with Crippen molar-refractivity contribution in [3.63, 3.8) is 0 Å². The first kappa shape index (κ1) is 13.6. The van der Waals surface area contributed by atoms with Crippen LogP contribution in [0.15, 0.2) is 29.0 Å². The summed E-state index contributed by atoms with van der Waals surface area (Å²) < 4.78 is 3.18. The van der Waals surface area contributed by atoms with E-state index in [1.54, 1.807) is 12.4 Å². The molecule has 1 unspecified atom stereocenters. The molecule has 0 aromatic carbocycles. The van der Waals surface area contributed by atoms with Crippen molar-refractivity contribution in [2.24, 2.45) is 5.41 Å². The van der Waals surface area contributed by atoms with E-state index in [2.05, 4.69) is 51.7 Å². The number of fused-ring (bicyclic) bond motifs is 1. The summed E-state index contributed by atoms with van der Waals surface area (Å²) in [7, 11) is 0. The number of pyridine rings is 1. The van der Waals surface area contributed by atoms with Crippen LogP contribution in [0.1, 0.15) is 33.2 Å². The van der Waals surface area contributed by atoms with Gasteiger partial charge in [0.05, 0.1) is 10.5 Å². The highest BCUT2D eigenvalue weighted by Gasteiger charge is 2.33. The molecule has 1 aliphatic heterocycles. The summed E-state index contributed by atoms with van der Waals surface area (Å²) in [6.45, 7) is 7.80. The first-order valence-electron chi connectivity index (χ1n) is 6.91. The molecule has 1 aliphatic rings. The Hall–Kier alpha value is -1.36. The molecule has 0 saturated carbocycles. The molecule has 0 saturated heterocycles. The van der Waals surface area contributed by atoms with Crippen molar-refractivity contribution < 1.29 is 0 Å². The van der Waals surface area contributed by atoms with E-state index < -0.39 is 0 Å². The molecule has 1 N–H and O–H groups in total. The van der Waals surface area contributed by atoms with Crippen LogP contribution < -0.4 is 5.32 Å². The van der Waals surface area contributed by atoms with Gasteiger partial charge in [0, 0.05) is 24.5 Å². The van der Waals surface area contributed by atoms with Gasteiger partial charge in [0.1, 0.15) is 11.5 Å². The lowest BCUT2D eigenvalue weighted by Gasteiger charge is -2.35. The third-order valence-corrected chi connectivity index (χ3v) is 4.56. The van der Waals surface area contributed by atoms with Crippen LogP contribution in [-0.2, 0) is 0 Å². The molecule has 0 bridgehead atoms. The first-order chi connectivity index (χ1) is 9.48. The van der Waals surface area contributed by atoms with Gasteiger partial charge in [-0.1, -0.05) is 20.8 Å². The molecule has 0 radical (unpaired) electrons. The van der Waals surface area contributed by atoms with Gasteiger partial charge >= 0.3 is 0 Å². The molecule has 0 spiro atoms. The van der Waals surface area contributed by atoms with Gasteiger partial charge < -0.3 is 5.32 Å². The second kappa shape index (κ2) is 4.88. The summed E-state index contributed by atoms with van der Waals surface area (Å²) in [5.74, 6) is 1.09. The maximum Gasteiger partial charge on any atom is 0.139 e. The predicted molar refractivity (Wildman–Crippen MR) is 84.8 cm³/mol. The van der Waals surface area contributed by atoms with Crippen molar-refractivity contribution in [2.75, 3.05) is 11.9 Å². The van der Waals surface area contributed by atoms with Crippen molar-refractivity contribution in [2.45, 2.75) is 33.2 Å². The number of nitrogens with zero attached hydrogens (tertiary/aromatic N) is 3. The van der Waals surface area contributed by atoms with Gasteiger partial charge in [-0.15, -0.1) is 0 Å². The fraction of sp³-hybridized carbons (Fsp3) is 0.467. The topological polar surface area (TPSA) is 42.7 Å². The van der Waals surface area contributed by atoms with E-state index in [1.165, 1.54) is 0 Å². The van der Waals surface area contributed by atoms with E-state index in [9.17, 15) is 0 Å². The van der Waals surface area contributed by atoms with Crippen LogP contribution >= 0.6 is 15.9 Å². The summed E-state index contributed by atoms with van der Waals surface area (Å²) in [5.41, 5.74) is 2.26. The standard InChI is InChI=1S/C15H19BrN4/c1-15(2,3)11-6-9-18-14-12(16)13(19-20(11)14)10-4-7-17-8-5-10/h4-5,7-8,11,18H,6,9H2,1-3H3. The number of anilines is 1. The third kappa shape index (κ3) is 2.24. The Morgan fingerprint density at radius 3 is 2.65 bits per heavy atom. The molecule has 3 rings (SSSR count). The SMILES string of the molecule is CC(C)(C)C1CCNc2c(Br)c(-c3ccncc3)nn21. The molecule has 4 nitrogen and oxygen atoms in total. The van der Waals surface area contributed by atoms with Crippen LogP contribution in [0.3, 0.4) is 0 Å². The lowest BCUT2D eigenvalue weighted by atomic mass is 9.84. The number of aromatic nitrogens is 3. The summed E-state index contributed by atoms with van der Waals surface area (Å²) in [5, 5.41) is 8.31. The van der Waals surface area contributed by atoms with Crippen LogP contribution in [0, 0.1) is 5.41 Å². The molecule has 106 valence electrons. The molecule has 5 heteroatoms. The number of rotatable bonds is 1. The van der Waals surface area contributed by atoms with E-state index in [0.29, 0.717) is 6.04 Å². The van der Waals surface area contributed by atoms with Crippen molar-refractivity contribution >= 4 is 21.7 Å². The number of nitrogens with one attached hydrogen (secondary N) is 1. The summed E-state index contributed by atoms with van der Waals surface area (Å²) in [6.07, 6.45) is 4.70. The predicted octanol–water partition coefficient (Wildman–Crippen LogP) is 4.11. The van der Waals surface area contributed by atoms with Gasteiger partial charge in [-0.2, -0.15) is 5.10 Å². The van der Waals surface area contributed by atoms with Crippen LogP contribution in [0.2, 0.25) is 0 Å². The Morgan fingerprint density at radius 2 is 2.00 bits per heavy atom. The zero-order valence-corrected chi connectivity index (χ0v) is 13.6. The van der Waals surface area contributed by atoms with Crippen LogP contribution in [0.4, 0.5) is 5.82 Å². The maximum atomic E-state index is 4.85. The molecular weight excluding hydrogens is 316 g/mol. The molecular formula is C15H19BrN4. The van der Waals surface area contributed by atoms with Crippen molar-refractivity contribution in [3.8, 4) is 11.3 Å². The fourth-order valence-electron chi connectivity index (χ4n) is 2.74. The van der Waals surface area contributed by atoms with Crippen LogP contribution in [0.5, 0.6) is 0 Å². The number of hydrogen-bond donors (Lipinski definition) is 1. The Bertz CT molecular complexity index is 613. The summed E-state index contributed by atoms with van der Waals surface area (Å²) in [4.78, 5) is 4.07. The van der Waals surface area contributed by atoms with Gasteiger partial charge in [0.2, 0.25) is 0 Å². The molecule has 3 heterocycles. The number of hydrogen-bond acceptors (Lipinski definition) is 3. The summed E-state index contributed by atoms with van der Waals surface area (Å²) in [6, 6.07) is 4.39. The third-order valence-electron chi connectivity index (χ3n) is 3.81. The highest BCUT2D eigenvalue weighted by molar-refractivity contribution is 9.10. The van der Waals surface area contributed by atoms with Crippen molar-refractivity contribution in [1.29, 1.82) is 0 Å². The molecule has 20 heavy (non-hydrogen) atoms. The van der Waals surface area contributed by atoms with Crippen molar-refractivity contribution in [3.05, 3.63) is 29.0 Å².